The topological polar surface area (TPSA) is 81.0 Å². The van der Waals surface area contributed by atoms with Gasteiger partial charge in [0, 0.05) is 23.6 Å². The van der Waals surface area contributed by atoms with Crippen molar-refractivity contribution in [2.24, 2.45) is 0 Å². The minimum atomic E-state index is -0.400. The Labute approximate surface area is 140 Å². The predicted molar refractivity (Wildman–Crippen MR) is 92.3 cm³/mol. The first-order valence-corrected chi connectivity index (χ1v) is 8.52. The summed E-state index contributed by atoms with van der Waals surface area (Å²) in [5.41, 5.74) is 2.08. The quantitative estimate of drug-likeness (QED) is 0.403. The minimum absolute atomic E-state index is 0.101. The lowest BCUT2D eigenvalue weighted by molar-refractivity contribution is -0.384. The molecule has 0 aliphatic carbocycles. The second kappa shape index (κ2) is 7.21. The Morgan fingerprint density at radius 3 is 2.52 bits per heavy atom. The molecule has 0 unspecified atom stereocenters. The standard InChI is InChI=1S/C15H12N4O2S2/c20-19(21)13-8-6-11(7-9-13)10-22-15-18-17-14(23-15)16-12-4-2-1-3-5-12/h1-9H,10H2,(H,16,17). The summed E-state index contributed by atoms with van der Waals surface area (Å²) in [5.74, 6) is 0.692. The molecule has 0 amide bonds. The second-order valence-electron chi connectivity index (χ2n) is 4.58. The van der Waals surface area contributed by atoms with E-state index in [0.29, 0.717) is 5.75 Å². The summed E-state index contributed by atoms with van der Waals surface area (Å²) < 4.78 is 0.849. The number of hydrogen-bond donors (Lipinski definition) is 1. The largest absolute Gasteiger partial charge is 0.330 e. The lowest BCUT2D eigenvalue weighted by Gasteiger charge is -1.99. The number of nitro benzene ring substituents is 1. The van der Waals surface area contributed by atoms with Gasteiger partial charge in [-0.1, -0.05) is 53.4 Å². The highest BCUT2D eigenvalue weighted by atomic mass is 32.2. The summed E-state index contributed by atoms with van der Waals surface area (Å²) in [7, 11) is 0. The van der Waals surface area contributed by atoms with Crippen LogP contribution in [0.4, 0.5) is 16.5 Å². The molecule has 1 heterocycles. The maximum Gasteiger partial charge on any atom is 0.269 e. The van der Waals surface area contributed by atoms with Crippen molar-refractivity contribution in [1.82, 2.24) is 10.2 Å². The Morgan fingerprint density at radius 2 is 1.83 bits per heavy atom. The van der Waals surface area contributed by atoms with Crippen LogP contribution < -0.4 is 5.32 Å². The van der Waals surface area contributed by atoms with Gasteiger partial charge in [0.1, 0.15) is 0 Å². The van der Waals surface area contributed by atoms with E-state index in [9.17, 15) is 10.1 Å². The summed E-state index contributed by atoms with van der Waals surface area (Å²) in [4.78, 5) is 10.2. The van der Waals surface area contributed by atoms with Gasteiger partial charge in [0.2, 0.25) is 5.13 Å². The fraction of sp³-hybridized carbons (Fsp3) is 0.0667. The Kier molecular flexibility index (Phi) is 4.84. The number of nitrogens with one attached hydrogen (secondary N) is 1. The average molecular weight is 344 g/mol. The fourth-order valence-electron chi connectivity index (χ4n) is 1.82. The fourth-order valence-corrected chi connectivity index (χ4v) is 3.55. The number of benzene rings is 2. The van der Waals surface area contributed by atoms with Crippen LogP contribution >= 0.6 is 23.1 Å². The first-order valence-electron chi connectivity index (χ1n) is 6.72. The van der Waals surface area contributed by atoms with Crippen LogP contribution in [0.25, 0.3) is 0 Å². The molecule has 0 atom stereocenters. The third kappa shape index (κ3) is 4.27. The number of nitro groups is 1. The maximum atomic E-state index is 10.6. The van der Waals surface area contributed by atoms with Crippen molar-refractivity contribution in [3.05, 3.63) is 70.3 Å². The van der Waals surface area contributed by atoms with Gasteiger partial charge in [0.25, 0.3) is 5.69 Å². The molecule has 0 fully saturated rings. The molecule has 0 spiro atoms. The van der Waals surface area contributed by atoms with E-state index in [0.717, 1.165) is 20.7 Å². The highest BCUT2D eigenvalue weighted by molar-refractivity contribution is 8.00. The third-order valence-corrected chi connectivity index (χ3v) is 4.98. The molecule has 0 radical (unpaired) electrons. The van der Waals surface area contributed by atoms with Crippen LogP contribution in [0.15, 0.2) is 58.9 Å². The van der Waals surface area contributed by atoms with Crippen LogP contribution in [-0.4, -0.2) is 15.1 Å². The van der Waals surface area contributed by atoms with E-state index in [2.05, 4.69) is 15.5 Å². The van der Waals surface area contributed by atoms with E-state index in [-0.39, 0.29) is 5.69 Å². The molecule has 0 aliphatic heterocycles. The first-order chi connectivity index (χ1) is 11.2. The highest BCUT2D eigenvalue weighted by Gasteiger charge is 2.07. The number of aromatic nitrogens is 2. The summed E-state index contributed by atoms with van der Waals surface area (Å²) in [6.07, 6.45) is 0. The highest BCUT2D eigenvalue weighted by Crippen LogP contribution is 2.30. The molecule has 23 heavy (non-hydrogen) atoms. The average Bonchev–Trinajstić information content (AvgIpc) is 3.02. The van der Waals surface area contributed by atoms with Gasteiger partial charge in [-0.2, -0.15) is 0 Å². The summed E-state index contributed by atoms with van der Waals surface area (Å²) in [5, 5.41) is 22.8. The van der Waals surface area contributed by atoms with E-state index >= 15 is 0 Å². The first kappa shape index (κ1) is 15.4. The number of rotatable bonds is 6. The molecule has 0 saturated carbocycles. The zero-order chi connectivity index (χ0) is 16.1. The minimum Gasteiger partial charge on any atom is -0.330 e. The molecular weight excluding hydrogens is 332 g/mol. The van der Waals surface area contributed by atoms with Crippen LogP contribution in [0, 0.1) is 10.1 Å². The van der Waals surface area contributed by atoms with E-state index in [1.807, 2.05) is 30.3 Å². The number of non-ortho nitro benzene ring substituents is 1. The Bertz CT molecular complexity index is 791. The smallest absolute Gasteiger partial charge is 0.269 e. The van der Waals surface area contributed by atoms with Gasteiger partial charge in [-0.3, -0.25) is 10.1 Å². The number of nitrogens with zero attached hydrogens (tertiary/aromatic N) is 3. The molecule has 1 N–H and O–H groups in total. The lowest BCUT2D eigenvalue weighted by atomic mass is 10.2. The van der Waals surface area contributed by atoms with Crippen molar-refractivity contribution in [1.29, 1.82) is 0 Å². The molecule has 116 valence electrons. The van der Waals surface area contributed by atoms with Crippen LogP contribution in [0.5, 0.6) is 0 Å². The molecule has 0 saturated heterocycles. The molecule has 2 aromatic carbocycles. The van der Waals surface area contributed by atoms with E-state index < -0.39 is 4.92 Å². The lowest BCUT2D eigenvalue weighted by Crippen LogP contribution is -1.88. The zero-order valence-electron chi connectivity index (χ0n) is 11.9. The van der Waals surface area contributed by atoms with Gasteiger partial charge in [-0.25, -0.2) is 0 Å². The van der Waals surface area contributed by atoms with Crippen molar-refractivity contribution >= 4 is 39.6 Å². The molecule has 3 aromatic rings. The summed E-state index contributed by atoms with van der Waals surface area (Å²) in [6, 6.07) is 16.3. The van der Waals surface area contributed by atoms with Gasteiger partial charge in [0.15, 0.2) is 4.34 Å². The molecule has 6 nitrogen and oxygen atoms in total. The van der Waals surface area contributed by atoms with Gasteiger partial charge in [0.05, 0.1) is 4.92 Å². The van der Waals surface area contributed by atoms with Crippen molar-refractivity contribution in [3.8, 4) is 0 Å². The van der Waals surface area contributed by atoms with Crippen molar-refractivity contribution in [2.45, 2.75) is 10.1 Å². The molecule has 3 rings (SSSR count). The van der Waals surface area contributed by atoms with Crippen LogP contribution in [0.1, 0.15) is 5.56 Å². The molecule has 1 aromatic heterocycles. The number of anilines is 2. The van der Waals surface area contributed by atoms with E-state index in [1.54, 1.807) is 23.9 Å². The van der Waals surface area contributed by atoms with E-state index in [1.165, 1.54) is 23.5 Å². The molecular formula is C15H12N4O2S2. The third-order valence-electron chi connectivity index (χ3n) is 2.94. The number of para-hydroxylation sites is 1. The number of thioether (sulfide) groups is 1. The monoisotopic (exact) mass is 344 g/mol. The van der Waals surface area contributed by atoms with Crippen LogP contribution in [0.3, 0.4) is 0 Å². The van der Waals surface area contributed by atoms with Gasteiger partial charge < -0.3 is 5.32 Å². The molecule has 0 aliphatic rings. The van der Waals surface area contributed by atoms with Gasteiger partial charge in [-0.05, 0) is 17.7 Å². The Morgan fingerprint density at radius 1 is 1.09 bits per heavy atom. The summed E-state index contributed by atoms with van der Waals surface area (Å²) in [6.45, 7) is 0. The number of hydrogen-bond acceptors (Lipinski definition) is 7. The van der Waals surface area contributed by atoms with Gasteiger partial charge in [-0.15, -0.1) is 10.2 Å². The molecule has 0 bridgehead atoms. The van der Waals surface area contributed by atoms with E-state index in [4.69, 9.17) is 0 Å². The second-order valence-corrected chi connectivity index (χ2v) is 6.78. The normalized spacial score (nSPS) is 10.4. The Balaban J connectivity index is 1.57. The van der Waals surface area contributed by atoms with Gasteiger partial charge >= 0.3 is 0 Å². The zero-order valence-corrected chi connectivity index (χ0v) is 13.5. The SMILES string of the molecule is O=[N+]([O-])c1ccc(CSc2nnc(Nc3ccccc3)s2)cc1. The van der Waals surface area contributed by atoms with Crippen molar-refractivity contribution in [3.63, 3.8) is 0 Å². The predicted octanol–water partition coefficient (Wildman–Crippen LogP) is 4.48. The van der Waals surface area contributed by atoms with Crippen LogP contribution in [-0.2, 0) is 5.75 Å². The van der Waals surface area contributed by atoms with Crippen molar-refractivity contribution < 1.29 is 4.92 Å². The van der Waals surface area contributed by atoms with Crippen LogP contribution in [0.2, 0.25) is 0 Å². The summed E-state index contributed by atoms with van der Waals surface area (Å²) >= 11 is 3.03. The maximum absolute atomic E-state index is 10.6. The molecule has 8 heteroatoms. The van der Waals surface area contributed by atoms with Crippen molar-refractivity contribution in [2.75, 3.05) is 5.32 Å². The Hall–Kier alpha value is -2.45.